The molecule has 3 rings (SSSR count). The van der Waals surface area contributed by atoms with Crippen LogP contribution in [0.1, 0.15) is 20.2 Å². The van der Waals surface area contributed by atoms with Gasteiger partial charge in [-0.25, -0.2) is 9.78 Å². The predicted molar refractivity (Wildman–Crippen MR) is 81.6 cm³/mol. The lowest BCUT2D eigenvalue weighted by Gasteiger charge is -1.95. The molecule has 0 aliphatic heterocycles. The Morgan fingerprint density at radius 3 is 2.60 bits per heavy atom. The number of hydrogen-bond donors (Lipinski definition) is 1. The summed E-state index contributed by atoms with van der Waals surface area (Å²) in [5, 5.41) is 12.1. The summed E-state index contributed by atoms with van der Waals surface area (Å²) in [5.74, 6) is -0.906. The first kappa shape index (κ1) is 13.0. The number of aromatic carboxylic acids is 1. The number of thiophene rings is 1. The van der Waals surface area contributed by atoms with Crippen LogP contribution in [0.15, 0.2) is 47.8 Å². The van der Waals surface area contributed by atoms with Crippen LogP contribution in [0.4, 0.5) is 0 Å². The summed E-state index contributed by atoms with van der Waals surface area (Å²) in [5.41, 5.74) is 1.60. The molecule has 0 amide bonds. The first-order valence-corrected chi connectivity index (χ1v) is 7.74. The summed E-state index contributed by atoms with van der Waals surface area (Å²) >= 11 is 2.85. The predicted octanol–water partition coefficient (Wildman–Crippen LogP) is 4.16. The summed E-state index contributed by atoms with van der Waals surface area (Å²) in [7, 11) is 0. The molecule has 5 heteroatoms. The molecule has 0 saturated heterocycles. The van der Waals surface area contributed by atoms with E-state index in [9.17, 15) is 9.90 Å². The van der Waals surface area contributed by atoms with Crippen molar-refractivity contribution in [3.8, 4) is 10.6 Å². The van der Waals surface area contributed by atoms with E-state index in [1.54, 1.807) is 11.3 Å². The second-order valence-electron chi connectivity index (χ2n) is 4.22. The lowest BCUT2D eigenvalue weighted by Crippen LogP contribution is -1.98. The molecule has 0 atom stereocenters. The zero-order chi connectivity index (χ0) is 13.9. The van der Waals surface area contributed by atoms with Crippen LogP contribution in [0.3, 0.4) is 0 Å². The molecular formula is C15H11NO2S2. The molecule has 0 aliphatic carbocycles. The Kier molecular flexibility index (Phi) is 3.62. The number of aromatic nitrogens is 1. The largest absolute Gasteiger partial charge is 0.477 e. The number of carboxylic acid groups (broad SMARTS) is 1. The van der Waals surface area contributed by atoms with Gasteiger partial charge in [0.2, 0.25) is 0 Å². The van der Waals surface area contributed by atoms with Gasteiger partial charge in [-0.3, -0.25) is 0 Å². The number of carbonyl (C=O) groups is 1. The van der Waals surface area contributed by atoms with Gasteiger partial charge in [-0.15, -0.1) is 22.7 Å². The van der Waals surface area contributed by atoms with Gasteiger partial charge in [0, 0.05) is 16.9 Å². The first-order chi connectivity index (χ1) is 9.74. The fraction of sp³-hybridized carbons (Fsp3) is 0.0667. The smallest absolute Gasteiger partial charge is 0.347 e. The molecule has 0 radical (unpaired) electrons. The van der Waals surface area contributed by atoms with Crippen molar-refractivity contribution in [2.45, 2.75) is 6.42 Å². The van der Waals surface area contributed by atoms with Crippen LogP contribution in [-0.4, -0.2) is 16.1 Å². The van der Waals surface area contributed by atoms with Gasteiger partial charge in [0.25, 0.3) is 0 Å². The Hall–Kier alpha value is -1.98. The van der Waals surface area contributed by atoms with Crippen LogP contribution in [0.5, 0.6) is 0 Å². The highest BCUT2D eigenvalue weighted by atomic mass is 32.1. The maximum absolute atomic E-state index is 11.4. The summed E-state index contributed by atoms with van der Waals surface area (Å²) in [6.45, 7) is 0. The van der Waals surface area contributed by atoms with Crippen LogP contribution in [0, 0.1) is 0 Å². The van der Waals surface area contributed by atoms with Gasteiger partial charge < -0.3 is 5.11 Å². The molecule has 0 saturated carbocycles. The van der Waals surface area contributed by atoms with Gasteiger partial charge in [-0.2, -0.15) is 0 Å². The van der Waals surface area contributed by atoms with Crippen LogP contribution >= 0.6 is 22.7 Å². The normalized spacial score (nSPS) is 10.6. The molecule has 0 bridgehead atoms. The van der Waals surface area contributed by atoms with Gasteiger partial charge >= 0.3 is 5.97 Å². The third-order valence-electron chi connectivity index (χ3n) is 2.83. The zero-order valence-electron chi connectivity index (χ0n) is 10.4. The van der Waals surface area contributed by atoms with Crippen molar-refractivity contribution in [1.29, 1.82) is 0 Å². The Morgan fingerprint density at radius 2 is 1.95 bits per heavy atom. The number of hydrogen-bond acceptors (Lipinski definition) is 4. The molecule has 1 N–H and O–H groups in total. The number of rotatable bonds is 4. The second kappa shape index (κ2) is 5.56. The van der Waals surface area contributed by atoms with Crippen LogP contribution < -0.4 is 0 Å². The third-order valence-corrected chi connectivity index (χ3v) is 4.85. The fourth-order valence-electron chi connectivity index (χ4n) is 1.92. The highest BCUT2D eigenvalue weighted by Crippen LogP contribution is 2.30. The van der Waals surface area contributed by atoms with E-state index in [0.717, 1.165) is 15.4 Å². The topological polar surface area (TPSA) is 50.2 Å². The molecule has 1 aromatic carbocycles. The lowest BCUT2D eigenvalue weighted by atomic mass is 10.2. The average Bonchev–Trinajstić information content (AvgIpc) is 3.10. The van der Waals surface area contributed by atoms with Crippen molar-refractivity contribution in [2.24, 2.45) is 0 Å². The maximum atomic E-state index is 11.4. The van der Waals surface area contributed by atoms with E-state index in [0.29, 0.717) is 17.0 Å². The molecule has 2 aromatic heterocycles. The highest BCUT2D eigenvalue weighted by molar-refractivity contribution is 7.17. The van der Waals surface area contributed by atoms with Gasteiger partial charge in [-0.1, -0.05) is 36.4 Å². The number of benzene rings is 1. The number of thiazole rings is 1. The Bertz CT molecular complexity index is 718. The molecule has 20 heavy (non-hydrogen) atoms. The van der Waals surface area contributed by atoms with Crippen molar-refractivity contribution in [1.82, 2.24) is 4.98 Å². The Balaban J connectivity index is 2.01. The van der Waals surface area contributed by atoms with Gasteiger partial charge in [0.1, 0.15) is 9.88 Å². The van der Waals surface area contributed by atoms with E-state index in [1.165, 1.54) is 11.3 Å². The standard InChI is InChI=1S/C15H11NO2S2/c17-15(18)13-12(9-11-7-4-8-19-11)16-14(20-13)10-5-2-1-3-6-10/h1-8H,9H2,(H,17,18). The van der Waals surface area contributed by atoms with Gasteiger partial charge in [-0.05, 0) is 11.4 Å². The SMILES string of the molecule is O=C(O)c1sc(-c2ccccc2)nc1Cc1cccs1. The number of carboxylic acids is 1. The molecular weight excluding hydrogens is 290 g/mol. The molecule has 3 aromatic rings. The monoisotopic (exact) mass is 301 g/mol. The zero-order valence-corrected chi connectivity index (χ0v) is 12.1. The van der Waals surface area contributed by atoms with Gasteiger partial charge in [0.15, 0.2) is 0 Å². The van der Waals surface area contributed by atoms with Crippen LogP contribution in [0.2, 0.25) is 0 Å². The quantitative estimate of drug-likeness (QED) is 0.787. The first-order valence-electron chi connectivity index (χ1n) is 6.05. The molecule has 0 spiro atoms. The minimum Gasteiger partial charge on any atom is -0.477 e. The van der Waals surface area contributed by atoms with Crippen molar-refractivity contribution >= 4 is 28.6 Å². The minimum absolute atomic E-state index is 0.331. The van der Waals surface area contributed by atoms with E-state index in [-0.39, 0.29) is 0 Å². The van der Waals surface area contributed by atoms with E-state index in [2.05, 4.69) is 4.98 Å². The van der Waals surface area contributed by atoms with E-state index < -0.39 is 5.97 Å². The van der Waals surface area contributed by atoms with Crippen molar-refractivity contribution in [3.63, 3.8) is 0 Å². The summed E-state index contributed by atoms with van der Waals surface area (Å²) in [6, 6.07) is 13.6. The molecule has 100 valence electrons. The average molecular weight is 301 g/mol. The Morgan fingerprint density at radius 1 is 1.15 bits per heavy atom. The molecule has 2 heterocycles. The summed E-state index contributed by atoms with van der Waals surface area (Å²) < 4.78 is 0. The van der Waals surface area contributed by atoms with E-state index in [1.807, 2.05) is 47.8 Å². The lowest BCUT2D eigenvalue weighted by molar-refractivity contribution is 0.0701. The molecule has 0 unspecified atom stereocenters. The Labute approximate surface area is 124 Å². The number of nitrogens with zero attached hydrogens (tertiary/aromatic N) is 1. The molecule has 0 fully saturated rings. The summed E-state index contributed by atoms with van der Waals surface area (Å²) in [4.78, 5) is 17.3. The highest BCUT2D eigenvalue weighted by Gasteiger charge is 2.18. The summed E-state index contributed by atoms with van der Waals surface area (Å²) in [6.07, 6.45) is 0.572. The van der Waals surface area contributed by atoms with Crippen molar-refractivity contribution in [2.75, 3.05) is 0 Å². The molecule has 3 nitrogen and oxygen atoms in total. The third kappa shape index (κ3) is 2.64. The van der Waals surface area contributed by atoms with Crippen LogP contribution in [0.25, 0.3) is 10.6 Å². The fourth-order valence-corrected chi connectivity index (χ4v) is 3.56. The van der Waals surface area contributed by atoms with Crippen molar-refractivity contribution < 1.29 is 9.90 Å². The maximum Gasteiger partial charge on any atom is 0.347 e. The molecule has 0 aliphatic rings. The van der Waals surface area contributed by atoms with Gasteiger partial charge in [0.05, 0.1) is 5.69 Å². The second-order valence-corrected chi connectivity index (χ2v) is 6.25. The van der Waals surface area contributed by atoms with Crippen molar-refractivity contribution in [3.05, 3.63) is 63.3 Å². The van der Waals surface area contributed by atoms with Crippen LogP contribution in [-0.2, 0) is 6.42 Å². The van der Waals surface area contributed by atoms with E-state index >= 15 is 0 Å². The minimum atomic E-state index is -0.906. The van der Waals surface area contributed by atoms with E-state index in [4.69, 9.17) is 0 Å².